The van der Waals surface area contributed by atoms with Crippen molar-refractivity contribution in [2.24, 2.45) is 5.92 Å². The Bertz CT molecular complexity index is 613. The molecular formula is C12H13ClFNO3S. The lowest BCUT2D eigenvalue weighted by atomic mass is 10.2. The molecule has 0 spiro atoms. The van der Waals surface area contributed by atoms with Crippen molar-refractivity contribution in [1.82, 2.24) is 4.90 Å². The molecule has 1 aliphatic rings. The highest BCUT2D eigenvalue weighted by Crippen LogP contribution is 2.30. The molecule has 1 amide bonds. The molecule has 0 unspecified atom stereocenters. The molecule has 0 radical (unpaired) electrons. The maximum Gasteiger partial charge on any atom is 0.261 e. The summed E-state index contributed by atoms with van der Waals surface area (Å²) in [4.78, 5) is 13.2. The molecule has 0 N–H and O–H groups in total. The lowest BCUT2D eigenvalue weighted by Crippen LogP contribution is -2.29. The van der Waals surface area contributed by atoms with Crippen molar-refractivity contribution < 1.29 is 17.6 Å². The van der Waals surface area contributed by atoms with Crippen LogP contribution in [-0.4, -0.2) is 32.8 Å². The van der Waals surface area contributed by atoms with Crippen LogP contribution in [0.2, 0.25) is 0 Å². The molecule has 0 bridgehead atoms. The van der Waals surface area contributed by atoms with Crippen LogP contribution in [0, 0.1) is 11.7 Å². The number of hydrogen-bond acceptors (Lipinski definition) is 3. The molecule has 1 aliphatic carbocycles. The van der Waals surface area contributed by atoms with Gasteiger partial charge in [-0.1, -0.05) is 0 Å². The highest BCUT2D eigenvalue weighted by atomic mass is 35.7. The van der Waals surface area contributed by atoms with Gasteiger partial charge in [-0.25, -0.2) is 12.8 Å². The second-order valence-corrected chi connectivity index (χ2v) is 7.27. The quantitative estimate of drug-likeness (QED) is 0.802. The average Bonchev–Trinajstić information content (AvgIpc) is 3.11. The highest BCUT2D eigenvalue weighted by Gasteiger charge is 2.27. The number of rotatable bonds is 4. The fraction of sp³-hybridized carbons (Fsp3) is 0.417. The van der Waals surface area contributed by atoms with Gasteiger partial charge in [-0.05, 0) is 37.0 Å². The minimum Gasteiger partial charge on any atom is -0.341 e. The third-order valence-corrected chi connectivity index (χ3v) is 4.38. The monoisotopic (exact) mass is 305 g/mol. The standard InChI is InChI=1S/C12H13ClFNO3S/c1-15(7-8-2-3-8)12(16)10-6-9(19(13,17)18)4-5-11(10)14/h4-6,8H,2-3,7H2,1H3. The molecule has 7 heteroatoms. The first-order valence-corrected chi connectivity index (χ1v) is 8.09. The van der Waals surface area contributed by atoms with Crippen LogP contribution < -0.4 is 0 Å². The van der Waals surface area contributed by atoms with Crippen molar-refractivity contribution in [3.8, 4) is 0 Å². The SMILES string of the molecule is CN(CC1CC1)C(=O)c1cc(S(=O)(=O)Cl)ccc1F. The minimum atomic E-state index is -3.98. The Hall–Kier alpha value is -1.14. The minimum absolute atomic E-state index is 0.273. The van der Waals surface area contributed by atoms with Crippen LogP contribution in [0.3, 0.4) is 0 Å². The van der Waals surface area contributed by atoms with E-state index in [0.29, 0.717) is 12.5 Å². The Kier molecular flexibility index (Phi) is 3.82. The van der Waals surface area contributed by atoms with Gasteiger partial charge in [0.05, 0.1) is 10.5 Å². The molecule has 1 fully saturated rings. The van der Waals surface area contributed by atoms with Crippen molar-refractivity contribution in [3.05, 3.63) is 29.6 Å². The molecule has 4 nitrogen and oxygen atoms in total. The van der Waals surface area contributed by atoms with E-state index >= 15 is 0 Å². The molecule has 0 saturated heterocycles. The summed E-state index contributed by atoms with van der Waals surface area (Å²) < 4.78 is 36.0. The van der Waals surface area contributed by atoms with E-state index in [1.54, 1.807) is 7.05 Å². The predicted molar refractivity (Wildman–Crippen MR) is 69.1 cm³/mol. The molecule has 0 heterocycles. The number of amides is 1. The summed E-state index contributed by atoms with van der Waals surface area (Å²) in [6.45, 7) is 0.552. The fourth-order valence-corrected chi connectivity index (χ4v) is 2.57. The van der Waals surface area contributed by atoms with Gasteiger partial charge in [0, 0.05) is 24.3 Å². The summed E-state index contributed by atoms with van der Waals surface area (Å²) in [5.41, 5.74) is -0.273. The Morgan fingerprint density at radius 3 is 2.63 bits per heavy atom. The Balaban J connectivity index is 2.29. The molecule has 19 heavy (non-hydrogen) atoms. The van der Waals surface area contributed by atoms with Crippen LogP contribution in [0.25, 0.3) is 0 Å². The van der Waals surface area contributed by atoms with Gasteiger partial charge in [0.1, 0.15) is 5.82 Å². The number of carbonyl (C=O) groups is 1. The van der Waals surface area contributed by atoms with Crippen molar-refractivity contribution in [3.63, 3.8) is 0 Å². The van der Waals surface area contributed by atoms with Crippen LogP contribution in [0.4, 0.5) is 4.39 Å². The van der Waals surface area contributed by atoms with Gasteiger partial charge in [0.25, 0.3) is 15.0 Å². The number of benzene rings is 1. The predicted octanol–water partition coefficient (Wildman–Crippen LogP) is 2.24. The normalized spacial score (nSPS) is 15.3. The summed E-state index contributed by atoms with van der Waals surface area (Å²) >= 11 is 0. The maximum absolute atomic E-state index is 13.6. The Labute approximate surface area is 115 Å². The first-order chi connectivity index (χ1) is 8.79. The topological polar surface area (TPSA) is 54.5 Å². The smallest absolute Gasteiger partial charge is 0.261 e. The summed E-state index contributed by atoms with van der Waals surface area (Å²) in [5.74, 6) is -0.819. The van der Waals surface area contributed by atoms with Crippen LogP contribution in [-0.2, 0) is 9.05 Å². The van der Waals surface area contributed by atoms with Gasteiger partial charge in [-0.2, -0.15) is 0 Å². The second kappa shape index (κ2) is 5.09. The van der Waals surface area contributed by atoms with E-state index in [1.807, 2.05) is 0 Å². The zero-order valence-electron chi connectivity index (χ0n) is 10.3. The van der Waals surface area contributed by atoms with Gasteiger partial charge < -0.3 is 4.90 Å². The zero-order valence-corrected chi connectivity index (χ0v) is 11.8. The number of halogens is 2. The van der Waals surface area contributed by atoms with Crippen LogP contribution >= 0.6 is 10.7 Å². The summed E-state index contributed by atoms with van der Waals surface area (Å²) in [6.07, 6.45) is 2.13. The van der Waals surface area contributed by atoms with Crippen LogP contribution in [0.15, 0.2) is 23.1 Å². The molecule has 0 aromatic heterocycles. The zero-order chi connectivity index (χ0) is 14.2. The molecule has 1 aromatic carbocycles. The summed E-state index contributed by atoms with van der Waals surface area (Å²) in [6, 6.07) is 2.95. The van der Waals surface area contributed by atoms with E-state index in [4.69, 9.17) is 10.7 Å². The summed E-state index contributed by atoms with van der Waals surface area (Å²) in [5, 5.41) is 0. The van der Waals surface area contributed by atoms with Crippen molar-refractivity contribution in [1.29, 1.82) is 0 Å². The maximum atomic E-state index is 13.6. The lowest BCUT2D eigenvalue weighted by molar-refractivity contribution is 0.0784. The van der Waals surface area contributed by atoms with E-state index in [-0.39, 0.29) is 10.5 Å². The lowest BCUT2D eigenvalue weighted by Gasteiger charge is -2.17. The number of hydrogen-bond donors (Lipinski definition) is 0. The van der Waals surface area contributed by atoms with Crippen molar-refractivity contribution in [2.45, 2.75) is 17.7 Å². The Morgan fingerprint density at radius 1 is 1.47 bits per heavy atom. The second-order valence-electron chi connectivity index (χ2n) is 4.71. The van der Waals surface area contributed by atoms with Gasteiger partial charge in [-0.15, -0.1) is 0 Å². The van der Waals surface area contributed by atoms with E-state index in [2.05, 4.69) is 0 Å². The van der Waals surface area contributed by atoms with Crippen LogP contribution in [0.5, 0.6) is 0 Å². The van der Waals surface area contributed by atoms with E-state index in [9.17, 15) is 17.6 Å². The molecule has 1 saturated carbocycles. The Morgan fingerprint density at radius 2 is 2.11 bits per heavy atom. The van der Waals surface area contributed by atoms with Gasteiger partial charge in [0.2, 0.25) is 0 Å². The van der Waals surface area contributed by atoms with Crippen molar-refractivity contribution in [2.75, 3.05) is 13.6 Å². The first kappa shape index (κ1) is 14.3. The first-order valence-electron chi connectivity index (χ1n) is 5.78. The third-order valence-electron chi connectivity index (χ3n) is 3.03. The van der Waals surface area contributed by atoms with E-state index in [0.717, 1.165) is 31.0 Å². The van der Waals surface area contributed by atoms with E-state index in [1.165, 1.54) is 4.90 Å². The van der Waals surface area contributed by atoms with Gasteiger partial charge >= 0.3 is 0 Å². The van der Waals surface area contributed by atoms with Gasteiger partial charge in [0.15, 0.2) is 0 Å². The highest BCUT2D eigenvalue weighted by molar-refractivity contribution is 8.13. The third kappa shape index (κ3) is 3.45. The van der Waals surface area contributed by atoms with Gasteiger partial charge in [-0.3, -0.25) is 4.79 Å². The molecule has 0 atom stereocenters. The van der Waals surface area contributed by atoms with Crippen LogP contribution in [0.1, 0.15) is 23.2 Å². The average molecular weight is 306 g/mol. The molecule has 2 rings (SSSR count). The van der Waals surface area contributed by atoms with Crippen molar-refractivity contribution >= 4 is 25.6 Å². The molecular weight excluding hydrogens is 293 g/mol. The fourth-order valence-electron chi connectivity index (χ4n) is 1.80. The number of nitrogens with zero attached hydrogens (tertiary/aromatic N) is 1. The largest absolute Gasteiger partial charge is 0.341 e. The molecule has 1 aromatic rings. The number of carbonyl (C=O) groups excluding carboxylic acids is 1. The molecule has 104 valence electrons. The molecule has 0 aliphatic heterocycles. The summed E-state index contributed by atoms with van der Waals surface area (Å²) in [7, 11) is 2.78. The van der Waals surface area contributed by atoms with E-state index < -0.39 is 20.8 Å².